The van der Waals surface area contributed by atoms with Crippen LogP contribution in [0.4, 0.5) is 4.79 Å². The van der Waals surface area contributed by atoms with Gasteiger partial charge in [-0.25, -0.2) is 9.59 Å². The number of esters is 1. The van der Waals surface area contributed by atoms with Gasteiger partial charge < -0.3 is 19.5 Å². The van der Waals surface area contributed by atoms with E-state index in [1.54, 1.807) is 18.2 Å². The Kier molecular flexibility index (Phi) is 7.86. The number of carbonyl (C=O) groups is 3. The molecule has 8 nitrogen and oxygen atoms in total. The number of ether oxygens (including phenoxy) is 3. The number of rotatable bonds is 7. The van der Waals surface area contributed by atoms with Crippen LogP contribution < -0.4 is 20.1 Å². The Hall–Kier alpha value is -3.03. The minimum absolute atomic E-state index is 0.0912. The molecular weight excluding hydrogens is 364 g/mol. The number of amides is 3. The van der Waals surface area contributed by atoms with Crippen molar-refractivity contribution in [2.24, 2.45) is 0 Å². The van der Waals surface area contributed by atoms with Crippen LogP contribution in [-0.4, -0.2) is 44.3 Å². The van der Waals surface area contributed by atoms with Gasteiger partial charge in [0.1, 0.15) is 11.5 Å². The van der Waals surface area contributed by atoms with Crippen LogP contribution in [0.15, 0.2) is 24.3 Å². The summed E-state index contributed by atoms with van der Waals surface area (Å²) < 4.78 is 15.4. The highest BCUT2D eigenvalue weighted by Gasteiger charge is 2.22. The molecule has 152 valence electrons. The highest BCUT2D eigenvalue weighted by Crippen LogP contribution is 2.23. The highest BCUT2D eigenvalue weighted by atomic mass is 16.5. The van der Waals surface area contributed by atoms with Gasteiger partial charge in [-0.2, -0.15) is 0 Å². The molecule has 8 heteroatoms. The number of hydrogen-bond acceptors (Lipinski definition) is 6. The van der Waals surface area contributed by atoms with Crippen molar-refractivity contribution in [1.82, 2.24) is 10.6 Å². The molecule has 0 aliphatic heterocycles. The Balaban J connectivity index is 1.84. The third-order valence-corrected chi connectivity index (χ3v) is 4.37. The molecule has 1 aromatic rings. The molecule has 1 aliphatic rings. The van der Waals surface area contributed by atoms with Gasteiger partial charge in [0, 0.05) is 18.2 Å². The number of nitrogens with one attached hydrogen (secondary N) is 2. The predicted molar refractivity (Wildman–Crippen MR) is 103 cm³/mol. The van der Waals surface area contributed by atoms with Crippen molar-refractivity contribution in [2.75, 3.05) is 14.2 Å². The second-order valence-corrected chi connectivity index (χ2v) is 6.50. The lowest BCUT2D eigenvalue weighted by atomic mass is 10.2. The van der Waals surface area contributed by atoms with E-state index >= 15 is 0 Å². The van der Waals surface area contributed by atoms with E-state index < -0.39 is 24.0 Å². The molecule has 1 aliphatic carbocycles. The van der Waals surface area contributed by atoms with Crippen molar-refractivity contribution in [3.05, 3.63) is 29.8 Å². The molecule has 1 atom stereocenters. The van der Waals surface area contributed by atoms with Gasteiger partial charge in [0.05, 0.1) is 14.2 Å². The van der Waals surface area contributed by atoms with Crippen LogP contribution in [0.25, 0.3) is 6.08 Å². The predicted octanol–water partition coefficient (Wildman–Crippen LogP) is 2.42. The molecule has 0 spiro atoms. The summed E-state index contributed by atoms with van der Waals surface area (Å²) >= 11 is 0. The van der Waals surface area contributed by atoms with Crippen molar-refractivity contribution < 1.29 is 28.6 Å². The van der Waals surface area contributed by atoms with Crippen molar-refractivity contribution in [3.8, 4) is 11.5 Å². The Morgan fingerprint density at radius 1 is 1.07 bits per heavy atom. The van der Waals surface area contributed by atoms with E-state index in [-0.39, 0.29) is 6.04 Å². The molecule has 0 radical (unpaired) electrons. The van der Waals surface area contributed by atoms with Crippen LogP contribution in [-0.2, 0) is 14.3 Å². The number of benzene rings is 1. The minimum Gasteiger partial charge on any atom is -0.497 e. The second kappa shape index (κ2) is 10.3. The lowest BCUT2D eigenvalue weighted by Gasteiger charge is -2.15. The number of methoxy groups -OCH3 is 2. The van der Waals surface area contributed by atoms with Crippen LogP contribution >= 0.6 is 0 Å². The second-order valence-electron chi connectivity index (χ2n) is 6.50. The molecule has 0 saturated heterocycles. The average molecular weight is 390 g/mol. The summed E-state index contributed by atoms with van der Waals surface area (Å²) in [5.41, 5.74) is 0.668. The molecule has 1 fully saturated rings. The molecular formula is C20H26N2O6. The molecule has 2 N–H and O–H groups in total. The van der Waals surface area contributed by atoms with Crippen LogP contribution in [0.5, 0.6) is 11.5 Å². The fraction of sp³-hybridized carbons (Fsp3) is 0.450. The van der Waals surface area contributed by atoms with E-state index in [0.29, 0.717) is 17.1 Å². The lowest BCUT2D eigenvalue weighted by Crippen LogP contribution is -2.47. The maximum absolute atomic E-state index is 12.0. The van der Waals surface area contributed by atoms with Gasteiger partial charge in [-0.15, -0.1) is 0 Å². The van der Waals surface area contributed by atoms with Gasteiger partial charge in [-0.1, -0.05) is 12.8 Å². The van der Waals surface area contributed by atoms with Crippen molar-refractivity contribution in [2.45, 2.75) is 44.8 Å². The Bertz CT molecular complexity index is 718. The molecule has 3 amide bonds. The lowest BCUT2D eigenvalue weighted by molar-refractivity contribution is -0.149. The van der Waals surface area contributed by atoms with Crippen LogP contribution in [0.2, 0.25) is 0 Å². The van der Waals surface area contributed by atoms with Gasteiger partial charge >= 0.3 is 12.0 Å². The standard InChI is InChI=1S/C20H26N2O6/c1-13(19(24)22-20(25)21-15-6-4-5-7-15)28-18(23)9-8-14-10-16(26-2)12-17(11-14)27-3/h8-13,15H,4-7H2,1-3H3,(H2,21,22,24,25)/b9-8+/t13-/m1/s1. The third kappa shape index (κ3) is 6.61. The topological polar surface area (TPSA) is 103 Å². The zero-order valence-corrected chi connectivity index (χ0v) is 16.3. The summed E-state index contributed by atoms with van der Waals surface area (Å²) in [5.74, 6) is -0.234. The van der Waals surface area contributed by atoms with Gasteiger partial charge in [0.15, 0.2) is 6.10 Å². The molecule has 1 aromatic carbocycles. The van der Waals surface area contributed by atoms with Crippen molar-refractivity contribution in [3.63, 3.8) is 0 Å². The van der Waals surface area contributed by atoms with E-state index in [1.807, 2.05) is 0 Å². The monoisotopic (exact) mass is 390 g/mol. The Morgan fingerprint density at radius 2 is 1.68 bits per heavy atom. The average Bonchev–Trinajstić information content (AvgIpc) is 3.18. The number of urea groups is 1. The Morgan fingerprint density at radius 3 is 2.25 bits per heavy atom. The van der Waals surface area contributed by atoms with Crippen LogP contribution in [0.3, 0.4) is 0 Å². The van der Waals surface area contributed by atoms with E-state index in [4.69, 9.17) is 14.2 Å². The first-order valence-corrected chi connectivity index (χ1v) is 9.14. The SMILES string of the molecule is COc1cc(/C=C/C(=O)O[C@H](C)C(=O)NC(=O)NC2CCCC2)cc(OC)c1. The molecule has 0 unspecified atom stereocenters. The van der Waals surface area contributed by atoms with Crippen LogP contribution in [0.1, 0.15) is 38.2 Å². The molecule has 0 aromatic heterocycles. The third-order valence-electron chi connectivity index (χ3n) is 4.37. The van der Waals surface area contributed by atoms with E-state index in [0.717, 1.165) is 25.7 Å². The largest absolute Gasteiger partial charge is 0.497 e. The Labute approximate surface area is 164 Å². The van der Waals surface area contributed by atoms with Gasteiger partial charge in [0.25, 0.3) is 5.91 Å². The van der Waals surface area contributed by atoms with Crippen molar-refractivity contribution >= 4 is 24.0 Å². The number of imide groups is 1. The maximum Gasteiger partial charge on any atom is 0.331 e. The highest BCUT2D eigenvalue weighted by molar-refractivity contribution is 5.98. The summed E-state index contributed by atoms with van der Waals surface area (Å²) in [6.45, 7) is 1.40. The first-order chi connectivity index (χ1) is 13.4. The molecule has 0 heterocycles. The molecule has 28 heavy (non-hydrogen) atoms. The fourth-order valence-corrected chi connectivity index (χ4v) is 2.86. The molecule has 0 bridgehead atoms. The summed E-state index contributed by atoms with van der Waals surface area (Å²) in [5, 5.41) is 4.93. The van der Waals surface area contributed by atoms with Gasteiger partial charge in [0.2, 0.25) is 0 Å². The molecule has 1 saturated carbocycles. The summed E-state index contributed by atoms with van der Waals surface area (Å²) in [6, 6.07) is 4.66. The van der Waals surface area contributed by atoms with Gasteiger partial charge in [-0.05, 0) is 43.5 Å². The first-order valence-electron chi connectivity index (χ1n) is 9.14. The van der Waals surface area contributed by atoms with Crippen molar-refractivity contribution in [1.29, 1.82) is 0 Å². The fourth-order valence-electron chi connectivity index (χ4n) is 2.86. The zero-order valence-electron chi connectivity index (χ0n) is 16.3. The molecule has 2 rings (SSSR count). The minimum atomic E-state index is -1.11. The quantitative estimate of drug-likeness (QED) is 0.547. The number of hydrogen-bond donors (Lipinski definition) is 2. The van der Waals surface area contributed by atoms with Crippen LogP contribution in [0, 0.1) is 0 Å². The van der Waals surface area contributed by atoms with E-state index in [9.17, 15) is 14.4 Å². The summed E-state index contributed by atoms with van der Waals surface area (Å²) in [4.78, 5) is 35.8. The first kappa shape index (κ1) is 21.3. The summed E-state index contributed by atoms with van der Waals surface area (Å²) in [7, 11) is 3.05. The zero-order chi connectivity index (χ0) is 20.5. The van der Waals surface area contributed by atoms with E-state index in [2.05, 4.69) is 10.6 Å². The van der Waals surface area contributed by atoms with E-state index in [1.165, 1.54) is 33.3 Å². The smallest absolute Gasteiger partial charge is 0.331 e. The van der Waals surface area contributed by atoms with Gasteiger partial charge in [-0.3, -0.25) is 10.1 Å². The normalized spacial score (nSPS) is 15.1. The maximum atomic E-state index is 12.0. The summed E-state index contributed by atoms with van der Waals surface area (Å²) in [6.07, 6.45) is 5.56. The number of carbonyl (C=O) groups excluding carboxylic acids is 3.